The first-order valence-electron chi connectivity index (χ1n) is 6.32. The molecular weight excluding hydrogens is 186 g/mol. The summed E-state index contributed by atoms with van der Waals surface area (Å²) in [6.45, 7) is 6.17. The van der Waals surface area contributed by atoms with E-state index in [1.54, 1.807) is 0 Å². The lowest BCUT2D eigenvalue weighted by Crippen LogP contribution is -2.49. The van der Waals surface area contributed by atoms with Gasteiger partial charge in [0.05, 0.1) is 0 Å². The molecule has 0 radical (unpaired) electrons. The molecule has 0 aromatic rings. The third kappa shape index (κ3) is 2.52. The normalized spacial score (nSPS) is 39.8. The van der Waals surface area contributed by atoms with E-state index in [4.69, 9.17) is 0 Å². The van der Waals surface area contributed by atoms with Crippen molar-refractivity contribution in [3.63, 3.8) is 0 Å². The summed E-state index contributed by atoms with van der Waals surface area (Å²) in [5.41, 5.74) is 0. The van der Waals surface area contributed by atoms with E-state index in [0.29, 0.717) is 0 Å². The molecule has 2 heterocycles. The zero-order chi connectivity index (χ0) is 10.8. The van der Waals surface area contributed by atoms with Gasteiger partial charge in [-0.2, -0.15) is 0 Å². The van der Waals surface area contributed by atoms with E-state index in [-0.39, 0.29) is 0 Å². The number of rotatable bonds is 2. The topological polar surface area (TPSA) is 18.5 Å². The number of likely N-dealkylation sites (N-methyl/N-ethyl adjacent to an activating group) is 2. The minimum atomic E-state index is 0.722. The standard InChI is InChI=1S/C12H25N3/c1-10-7-12(9-14(10)3)15-6-4-5-11(8-15)13-2/h10-13H,4-9H2,1-3H3. The highest BCUT2D eigenvalue weighted by Crippen LogP contribution is 2.23. The predicted molar refractivity (Wildman–Crippen MR) is 64.2 cm³/mol. The molecule has 0 amide bonds. The highest BCUT2D eigenvalue weighted by Gasteiger charge is 2.32. The molecule has 0 spiro atoms. The number of hydrogen-bond donors (Lipinski definition) is 1. The quantitative estimate of drug-likeness (QED) is 0.727. The van der Waals surface area contributed by atoms with Crippen LogP contribution in [-0.2, 0) is 0 Å². The SMILES string of the molecule is CNC1CCCN(C2CC(C)N(C)C2)C1. The van der Waals surface area contributed by atoms with E-state index >= 15 is 0 Å². The van der Waals surface area contributed by atoms with Gasteiger partial charge in [-0.15, -0.1) is 0 Å². The Labute approximate surface area is 93.8 Å². The van der Waals surface area contributed by atoms with Crippen LogP contribution < -0.4 is 5.32 Å². The second-order valence-corrected chi connectivity index (χ2v) is 5.30. The molecule has 0 saturated carbocycles. The maximum atomic E-state index is 3.42. The Bertz CT molecular complexity index is 197. The zero-order valence-electron chi connectivity index (χ0n) is 10.4. The van der Waals surface area contributed by atoms with E-state index in [2.05, 4.69) is 36.1 Å². The summed E-state index contributed by atoms with van der Waals surface area (Å²) in [6.07, 6.45) is 4.07. The Hall–Kier alpha value is -0.120. The molecule has 15 heavy (non-hydrogen) atoms. The summed E-state index contributed by atoms with van der Waals surface area (Å²) in [5, 5.41) is 3.42. The largest absolute Gasteiger partial charge is 0.316 e. The highest BCUT2D eigenvalue weighted by molar-refractivity contribution is 4.90. The van der Waals surface area contributed by atoms with Crippen molar-refractivity contribution in [1.82, 2.24) is 15.1 Å². The van der Waals surface area contributed by atoms with Crippen LogP contribution in [0.15, 0.2) is 0 Å². The fourth-order valence-corrected chi connectivity index (χ4v) is 3.00. The monoisotopic (exact) mass is 211 g/mol. The van der Waals surface area contributed by atoms with Gasteiger partial charge in [0.1, 0.15) is 0 Å². The molecule has 0 bridgehead atoms. The van der Waals surface area contributed by atoms with Gasteiger partial charge in [0.2, 0.25) is 0 Å². The van der Waals surface area contributed by atoms with Gasteiger partial charge >= 0.3 is 0 Å². The van der Waals surface area contributed by atoms with Gasteiger partial charge < -0.3 is 10.2 Å². The number of nitrogens with zero attached hydrogens (tertiary/aromatic N) is 2. The van der Waals surface area contributed by atoms with Gasteiger partial charge in [-0.3, -0.25) is 4.90 Å². The van der Waals surface area contributed by atoms with Crippen molar-refractivity contribution in [1.29, 1.82) is 0 Å². The van der Waals surface area contributed by atoms with Crippen LogP contribution in [0.3, 0.4) is 0 Å². The summed E-state index contributed by atoms with van der Waals surface area (Å²) < 4.78 is 0. The molecule has 2 aliphatic rings. The molecule has 2 fully saturated rings. The average Bonchev–Trinajstić information content (AvgIpc) is 2.59. The van der Waals surface area contributed by atoms with Crippen LogP contribution in [0.5, 0.6) is 0 Å². The van der Waals surface area contributed by atoms with E-state index in [1.807, 2.05) is 0 Å². The van der Waals surface area contributed by atoms with Crippen molar-refractivity contribution in [3.05, 3.63) is 0 Å². The molecule has 1 N–H and O–H groups in total. The molecular formula is C12H25N3. The van der Waals surface area contributed by atoms with E-state index in [0.717, 1.165) is 18.1 Å². The number of piperidine rings is 1. The fourth-order valence-electron chi connectivity index (χ4n) is 3.00. The van der Waals surface area contributed by atoms with Crippen molar-refractivity contribution < 1.29 is 0 Å². The molecule has 88 valence electrons. The first-order valence-corrected chi connectivity index (χ1v) is 6.32. The highest BCUT2D eigenvalue weighted by atomic mass is 15.3. The average molecular weight is 211 g/mol. The third-order valence-electron chi connectivity index (χ3n) is 4.24. The van der Waals surface area contributed by atoms with Gasteiger partial charge in [-0.05, 0) is 46.8 Å². The van der Waals surface area contributed by atoms with Gasteiger partial charge in [-0.1, -0.05) is 0 Å². The van der Waals surface area contributed by atoms with E-state index in [1.165, 1.54) is 38.9 Å². The Morgan fingerprint density at radius 1 is 1.27 bits per heavy atom. The lowest BCUT2D eigenvalue weighted by atomic mass is 10.0. The van der Waals surface area contributed by atoms with Crippen LogP contribution in [0.25, 0.3) is 0 Å². The summed E-state index contributed by atoms with van der Waals surface area (Å²) in [4.78, 5) is 5.19. The molecule has 3 atom stereocenters. The number of hydrogen-bond acceptors (Lipinski definition) is 3. The molecule has 0 aromatic carbocycles. The maximum absolute atomic E-state index is 3.42. The molecule has 0 aliphatic carbocycles. The molecule has 2 saturated heterocycles. The third-order valence-corrected chi connectivity index (χ3v) is 4.24. The summed E-state index contributed by atoms with van der Waals surface area (Å²) in [7, 11) is 4.35. The van der Waals surface area contributed by atoms with E-state index < -0.39 is 0 Å². The Balaban J connectivity index is 1.88. The summed E-state index contributed by atoms with van der Waals surface area (Å²) >= 11 is 0. The second kappa shape index (κ2) is 4.81. The Kier molecular flexibility index (Phi) is 3.65. The first kappa shape index (κ1) is 11.4. The first-order chi connectivity index (χ1) is 7.20. The van der Waals surface area contributed by atoms with Crippen molar-refractivity contribution in [2.75, 3.05) is 33.7 Å². The van der Waals surface area contributed by atoms with Gasteiger partial charge in [-0.25, -0.2) is 0 Å². The molecule has 2 rings (SSSR count). The van der Waals surface area contributed by atoms with Crippen molar-refractivity contribution in [2.45, 2.75) is 44.3 Å². The van der Waals surface area contributed by atoms with Gasteiger partial charge in [0.15, 0.2) is 0 Å². The van der Waals surface area contributed by atoms with Crippen LogP contribution in [0.4, 0.5) is 0 Å². The summed E-state index contributed by atoms with van der Waals surface area (Å²) in [6, 6.07) is 2.30. The predicted octanol–water partition coefficient (Wildman–Crippen LogP) is 0.763. The molecule has 3 heteroatoms. The number of likely N-dealkylation sites (tertiary alicyclic amines) is 2. The smallest absolute Gasteiger partial charge is 0.0238 e. The van der Waals surface area contributed by atoms with Gasteiger partial charge in [0.25, 0.3) is 0 Å². The minimum Gasteiger partial charge on any atom is -0.316 e. The fraction of sp³-hybridized carbons (Fsp3) is 1.00. The Morgan fingerprint density at radius 2 is 2.07 bits per heavy atom. The Morgan fingerprint density at radius 3 is 2.67 bits per heavy atom. The van der Waals surface area contributed by atoms with Crippen LogP contribution in [-0.4, -0.2) is 61.7 Å². The zero-order valence-corrected chi connectivity index (χ0v) is 10.4. The minimum absolute atomic E-state index is 0.722. The van der Waals surface area contributed by atoms with Crippen LogP contribution >= 0.6 is 0 Å². The van der Waals surface area contributed by atoms with Crippen LogP contribution in [0.1, 0.15) is 26.2 Å². The van der Waals surface area contributed by atoms with Crippen LogP contribution in [0, 0.1) is 0 Å². The molecule has 0 aromatic heterocycles. The lowest BCUT2D eigenvalue weighted by molar-refractivity contribution is 0.142. The second-order valence-electron chi connectivity index (χ2n) is 5.30. The maximum Gasteiger partial charge on any atom is 0.0238 e. The molecule has 3 unspecified atom stereocenters. The van der Waals surface area contributed by atoms with E-state index in [9.17, 15) is 0 Å². The lowest BCUT2D eigenvalue weighted by Gasteiger charge is -2.36. The molecule has 2 aliphatic heterocycles. The van der Waals surface area contributed by atoms with Gasteiger partial charge in [0, 0.05) is 31.2 Å². The van der Waals surface area contributed by atoms with Crippen molar-refractivity contribution >= 4 is 0 Å². The number of nitrogens with one attached hydrogen (secondary N) is 1. The van der Waals surface area contributed by atoms with Crippen molar-refractivity contribution in [3.8, 4) is 0 Å². The molecule has 3 nitrogen and oxygen atoms in total. The van der Waals surface area contributed by atoms with Crippen LogP contribution in [0.2, 0.25) is 0 Å². The van der Waals surface area contributed by atoms with Crippen molar-refractivity contribution in [2.24, 2.45) is 0 Å². The summed E-state index contributed by atoms with van der Waals surface area (Å²) in [5.74, 6) is 0.